The van der Waals surface area contributed by atoms with Crippen LogP contribution < -0.4 is 0 Å². The summed E-state index contributed by atoms with van der Waals surface area (Å²) in [6.45, 7) is 0.851. The van der Waals surface area contributed by atoms with Crippen LogP contribution in [-0.4, -0.2) is 11.6 Å². The molecule has 1 aromatic rings. The van der Waals surface area contributed by atoms with Gasteiger partial charge in [0, 0.05) is 11.8 Å². The topological polar surface area (TPSA) is 25.4 Å². The number of halogens is 1. The molecule has 1 aliphatic rings. The third-order valence-electron chi connectivity index (χ3n) is 1.46. The fourth-order valence-electron chi connectivity index (χ4n) is 0.818. The second kappa shape index (κ2) is 2.32. The van der Waals surface area contributed by atoms with E-state index in [1.807, 2.05) is 18.3 Å². The molecule has 10 heavy (non-hydrogen) atoms. The molecule has 1 aliphatic heterocycles. The van der Waals surface area contributed by atoms with E-state index in [0.717, 1.165) is 11.2 Å². The number of hydrogen-bond acceptors (Lipinski definition) is 2. The quantitative estimate of drug-likeness (QED) is 0.511. The largest absolute Gasteiger partial charge is 0.368 e. The molecule has 0 aromatic carbocycles. The summed E-state index contributed by atoms with van der Waals surface area (Å²) in [4.78, 5) is 4.08. The summed E-state index contributed by atoms with van der Waals surface area (Å²) in [6, 6.07) is 3.95. The first-order valence-corrected chi connectivity index (χ1v) is 3.88. The van der Waals surface area contributed by atoms with Crippen LogP contribution >= 0.6 is 15.9 Å². The molecule has 1 fully saturated rings. The van der Waals surface area contributed by atoms with Gasteiger partial charge in [-0.3, -0.25) is 0 Å². The van der Waals surface area contributed by atoms with Crippen molar-refractivity contribution in [3.63, 3.8) is 0 Å². The summed E-state index contributed by atoms with van der Waals surface area (Å²) in [5.41, 5.74) is 1.17. The molecule has 0 aliphatic carbocycles. The predicted molar refractivity (Wildman–Crippen MR) is 40.6 cm³/mol. The Bertz CT molecular complexity index is 230. The normalized spacial score (nSPS) is 22.7. The first-order valence-electron chi connectivity index (χ1n) is 3.09. The number of epoxide rings is 1. The lowest BCUT2D eigenvalue weighted by molar-refractivity contribution is 0.415. The van der Waals surface area contributed by atoms with E-state index in [4.69, 9.17) is 4.74 Å². The number of rotatable bonds is 1. The Hall–Kier alpha value is -0.410. The molecule has 0 bridgehead atoms. The Morgan fingerprint density at radius 3 is 2.90 bits per heavy atom. The molecular formula is C7H6BrNO. The van der Waals surface area contributed by atoms with Gasteiger partial charge in [0.25, 0.3) is 0 Å². The highest BCUT2D eigenvalue weighted by Gasteiger charge is 2.24. The van der Waals surface area contributed by atoms with Crippen molar-refractivity contribution in [2.24, 2.45) is 0 Å². The summed E-state index contributed by atoms with van der Waals surface area (Å²) in [7, 11) is 0. The molecule has 1 atom stereocenters. The van der Waals surface area contributed by atoms with Gasteiger partial charge in [-0.25, -0.2) is 4.98 Å². The van der Waals surface area contributed by atoms with Crippen LogP contribution in [0.15, 0.2) is 22.9 Å². The molecule has 0 spiro atoms. The van der Waals surface area contributed by atoms with Crippen LogP contribution in [0.2, 0.25) is 0 Å². The predicted octanol–water partition coefficient (Wildman–Crippen LogP) is 1.92. The zero-order chi connectivity index (χ0) is 6.97. The van der Waals surface area contributed by atoms with Gasteiger partial charge in [0.2, 0.25) is 0 Å². The van der Waals surface area contributed by atoms with Crippen molar-refractivity contribution in [3.05, 3.63) is 28.5 Å². The summed E-state index contributed by atoms with van der Waals surface area (Å²) < 4.78 is 5.95. The van der Waals surface area contributed by atoms with E-state index < -0.39 is 0 Å². The second-order valence-electron chi connectivity index (χ2n) is 2.24. The number of aromatic nitrogens is 1. The Labute approximate surface area is 67.4 Å². The fourth-order valence-corrected chi connectivity index (χ4v) is 1.05. The minimum absolute atomic E-state index is 0.320. The van der Waals surface area contributed by atoms with E-state index in [1.165, 1.54) is 5.56 Å². The van der Waals surface area contributed by atoms with Crippen LogP contribution in [0.3, 0.4) is 0 Å². The van der Waals surface area contributed by atoms with Gasteiger partial charge < -0.3 is 4.74 Å². The van der Waals surface area contributed by atoms with Gasteiger partial charge in [-0.2, -0.15) is 0 Å². The first-order chi connectivity index (χ1) is 4.86. The highest BCUT2D eigenvalue weighted by Crippen LogP contribution is 2.29. The van der Waals surface area contributed by atoms with E-state index in [-0.39, 0.29) is 0 Å². The summed E-state index contributed by atoms with van der Waals surface area (Å²) in [5.74, 6) is 0. The lowest BCUT2D eigenvalue weighted by Crippen LogP contribution is -1.81. The van der Waals surface area contributed by atoms with Gasteiger partial charge in [-0.15, -0.1) is 0 Å². The summed E-state index contributed by atoms with van der Waals surface area (Å²) in [6.07, 6.45) is 2.16. The number of pyridine rings is 1. The van der Waals surface area contributed by atoms with E-state index in [2.05, 4.69) is 20.9 Å². The molecule has 0 N–H and O–H groups in total. The average Bonchev–Trinajstić information content (AvgIpc) is 2.71. The molecule has 2 nitrogen and oxygen atoms in total. The van der Waals surface area contributed by atoms with Gasteiger partial charge >= 0.3 is 0 Å². The van der Waals surface area contributed by atoms with Crippen molar-refractivity contribution in [1.82, 2.24) is 4.98 Å². The van der Waals surface area contributed by atoms with Crippen molar-refractivity contribution in [2.45, 2.75) is 6.10 Å². The number of nitrogens with zero attached hydrogens (tertiary/aromatic N) is 1. The Kier molecular flexibility index (Phi) is 1.47. The van der Waals surface area contributed by atoms with Gasteiger partial charge in [-0.05, 0) is 22.0 Å². The molecule has 1 saturated heterocycles. The monoisotopic (exact) mass is 199 g/mol. The number of hydrogen-bond donors (Lipinski definition) is 0. The molecule has 2 heterocycles. The SMILES string of the molecule is Brc1ccc([C@@H]2CO2)cn1. The maximum absolute atomic E-state index is 5.08. The standard InChI is InChI=1S/C7H6BrNO/c8-7-2-1-5(3-9-7)6-4-10-6/h1-3,6H,4H2/t6-/m0/s1. The van der Waals surface area contributed by atoms with Crippen LogP contribution in [0.5, 0.6) is 0 Å². The second-order valence-corrected chi connectivity index (χ2v) is 3.05. The third-order valence-corrected chi connectivity index (χ3v) is 1.92. The molecule has 0 saturated carbocycles. The lowest BCUT2D eigenvalue weighted by atomic mass is 10.2. The Morgan fingerprint density at radius 2 is 2.40 bits per heavy atom. The zero-order valence-electron chi connectivity index (χ0n) is 5.25. The van der Waals surface area contributed by atoms with Gasteiger partial charge in [0.1, 0.15) is 10.7 Å². The van der Waals surface area contributed by atoms with E-state index in [0.29, 0.717) is 6.10 Å². The highest BCUT2D eigenvalue weighted by molar-refractivity contribution is 9.10. The Balaban J connectivity index is 2.28. The van der Waals surface area contributed by atoms with Crippen molar-refractivity contribution >= 4 is 15.9 Å². The fraction of sp³-hybridized carbons (Fsp3) is 0.286. The third kappa shape index (κ3) is 1.20. The molecule has 2 rings (SSSR count). The van der Waals surface area contributed by atoms with Gasteiger partial charge in [0.15, 0.2) is 0 Å². The average molecular weight is 200 g/mol. The summed E-state index contributed by atoms with van der Waals surface area (Å²) >= 11 is 3.26. The van der Waals surface area contributed by atoms with Crippen molar-refractivity contribution in [2.75, 3.05) is 6.61 Å². The zero-order valence-corrected chi connectivity index (χ0v) is 6.84. The van der Waals surface area contributed by atoms with Crippen molar-refractivity contribution < 1.29 is 4.74 Å². The Morgan fingerprint density at radius 1 is 1.60 bits per heavy atom. The van der Waals surface area contributed by atoms with Crippen molar-refractivity contribution in [1.29, 1.82) is 0 Å². The van der Waals surface area contributed by atoms with Crippen molar-refractivity contribution in [3.8, 4) is 0 Å². The molecular weight excluding hydrogens is 194 g/mol. The van der Waals surface area contributed by atoms with Crippen LogP contribution in [0.4, 0.5) is 0 Å². The molecule has 1 aromatic heterocycles. The molecule has 0 amide bonds. The highest BCUT2D eigenvalue weighted by atomic mass is 79.9. The molecule has 0 unspecified atom stereocenters. The van der Waals surface area contributed by atoms with Crippen LogP contribution in [-0.2, 0) is 4.74 Å². The molecule has 3 heteroatoms. The molecule has 52 valence electrons. The van der Waals surface area contributed by atoms with E-state index in [9.17, 15) is 0 Å². The lowest BCUT2D eigenvalue weighted by Gasteiger charge is -1.92. The van der Waals surface area contributed by atoms with Gasteiger partial charge in [-0.1, -0.05) is 6.07 Å². The van der Waals surface area contributed by atoms with Gasteiger partial charge in [0.05, 0.1) is 6.61 Å². The molecule has 0 radical (unpaired) electrons. The summed E-state index contributed by atoms with van der Waals surface area (Å²) in [5, 5.41) is 0. The minimum atomic E-state index is 0.320. The van der Waals surface area contributed by atoms with Crippen LogP contribution in [0.25, 0.3) is 0 Å². The van der Waals surface area contributed by atoms with E-state index in [1.54, 1.807) is 0 Å². The minimum Gasteiger partial charge on any atom is -0.368 e. The maximum Gasteiger partial charge on any atom is 0.107 e. The van der Waals surface area contributed by atoms with Crippen LogP contribution in [0.1, 0.15) is 11.7 Å². The first kappa shape index (κ1) is 6.31. The van der Waals surface area contributed by atoms with E-state index >= 15 is 0 Å². The smallest absolute Gasteiger partial charge is 0.107 e. The van der Waals surface area contributed by atoms with Crippen LogP contribution in [0, 0.1) is 0 Å². The maximum atomic E-state index is 5.08. The number of ether oxygens (including phenoxy) is 1.